The Morgan fingerprint density at radius 2 is 1.80 bits per heavy atom. The monoisotopic (exact) mass is 280 g/mol. The van der Waals surface area contributed by atoms with E-state index in [2.05, 4.69) is 17.1 Å². The zero-order valence-electron chi connectivity index (χ0n) is 12.7. The van der Waals surface area contributed by atoms with Crippen LogP contribution in [0.3, 0.4) is 0 Å². The van der Waals surface area contributed by atoms with Gasteiger partial charge in [-0.15, -0.1) is 0 Å². The van der Waals surface area contributed by atoms with Crippen LogP contribution in [0.2, 0.25) is 0 Å². The molecule has 1 aliphatic carbocycles. The van der Waals surface area contributed by atoms with E-state index in [4.69, 9.17) is 4.74 Å². The molecule has 1 N–H and O–H groups in total. The third kappa shape index (κ3) is 2.86. The highest BCUT2D eigenvalue weighted by Gasteiger charge is 2.40. The summed E-state index contributed by atoms with van der Waals surface area (Å²) < 4.78 is 5.65. The van der Waals surface area contributed by atoms with Crippen LogP contribution in [-0.2, 0) is 9.53 Å². The van der Waals surface area contributed by atoms with Gasteiger partial charge in [0.25, 0.3) is 0 Å². The highest BCUT2D eigenvalue weighted by Crippen LogP contribution is 2.36. The SMILES string of the molecule is CC1(C(=O)N[C@H]2COC[C@@H]2N2CCCC2)CCCCC1. The number of hydrogen-bond donors (Lipinski definition) is 1. The van der Waals surface area contributed by atoms with Crippen LogP contribution in [0.1, 0.15) is 51.9 Å². The molecule has 0 aromatic rings. The van der Waals surface area contributed by atoms with Crippen molar-refractivity contribution in [2.45, 2.75) is 64.0 Å². The van der Waals surface area contributed by atoms with Crippen molar-refractivity contribution in [2.24, 2.45) is 5.41 Å². The van der Waals surface area contributed by atoms with E-state index in [9.17, 15) is 4.79 Å². The Morgan fingerprint density at radius 1 is 1.10 bits per heavy atom. The number of ether oxygens (including phenoxy) is 1. The summed E-state index contributed by atoms with van der Waals surface area (Å²) in [6.07, 6.45) is 8.33. The number of amides is 1. The summed E-state index contributed by atoms with van der Waals surface area (Å²) in [7, 11) is 0. The van der Waals surface area contributed by atoms with Crippen molar-refractivity contribution in [3.8, 4) is 0 Å². The molecular weight excluding hydrogens is 252 g/mol. The van der Waals surface area contributed by atoms with Gasteiger partial charge in [-0.1, -0.05) is 26.2 Å². The average Bonchev–Trinajstić information content (AvgIpc) is 3.09. The van der Waals surface area contributed by atoms with E-state index >= 15 is 0 Å². The van der Waals surface area contributed by atoms with Gasteiger partial charge in [-0.25, -0.2) is 0 Å². The number of carbonyl (C=O) groups excluding carboxylic acids is 1. The molecule has 3 fully saturated rings. The van der Waals surface area contributed by atoms with Gasteiger partial charge in [0.15, 0.2) is 0 Å². The van der Waals surface area contributed by atoms with Gasteiger partial charge in [0.05, 0.1) is 25.3 Å². The molecule has 0 unspecified atom stereocenters. The molecule has 0 radical (unpaired) electrons. The number of carbonyl (C=O) groups is 1. The zero-order chi connectivity index (χ0) is 14.0. The molecule has 1 amide bonds. The van der Waals surface area contributed by atoms with Crippen LogP contribution in [0.4, 0.5) is 0 Å². The van der Waals surface area contributed by atoms with Gasteiger partial charge in [0.2, 0.25) is 5.91 Å². The summed E-state index contributed by atoms with van der Waals surface area (Å²) in [6, 6.07) is 0.591. The number of hydrogen-bond acceptors (Lipinski definition) is 3. The van der Waals surface area contributed by atoms with E-state index in [0.717, 1.165) is 32.5 Å². The molecule has 2 heterocycles. The van der Waals surface area contributed by atoms with Crippen molar-refractivity contribution < 1.29 is 9.53 Å². The molecule has 4 nitrogen and oxygen atoms in total. The second-order valence-corrected chi connectivity index (χ2v) is 7.05. The third-order valence-corrected chi connectivity index (χ3v) is 5.48. The summed E-state index contributed by atoms with van der Waals surface area (Å²) in [5.41, 5.74) is -0.142. The smallest absolute Gasteiger partial charge is 0.226 e. The number of rotatable bonds is 3. The predicted molar refractivity (Wildman–Crippen MR) is 78.5 cm³/mol. The second kappa shape index (κ2) is 6.02. The maximum absolute atomic E-state index is 12.7. The molecule has 0 bridgehead atoms. The van der Waals surface area contributed by atoms with E-state index in [-0.39, 0.29) is 17.4 Å². The first kappa shape index (κ1) is 14.3. The largest absolute Gasteiger partial charge is 0.378 e. The van der Waals surface area contributed by atoms with Gasteiger partial charge in [0, 0.05) is 5.41 Å². The molecule has 4 heteroatoms. The fourth-order valence-corrected chi connectivity index (χ4v) is 4.02. The van der Waals surface area contributed by atoms with Crippen molar-refractivity contribution in [1.29, 1.82) is 0 Å². The fourth-order valence-electron chi connectivity index (χ4n) is 4.02. The molecule has 0 spiro atoms. The van der Waals surface area contributed by atoms with Crippen LogP contribution in [0.5, 0.6) is 0 Å². The van der Waals surface area contributed by atoms with Crippen LogP contribution in [0.25, 0.3) is 0 Å². The molecule has 1 saturated carbocycles. The predicted octanol–water partition coefficient (Wildman–Crippen LogP) is 1.94. The van der Waals surface area contributed by atoms with Gasteiger partial charge < -0.3 is 10.1 Å². The molecule has 0 aromatic carbocycles. The van der Waals surface area contributed by atoms with Gasteiger partial charge in [-0.2, -0.15) is 0 Å². The maximum Gasteiger partial charge on any atom is 0.226 e. The minimum atomic E-state index is -0.142. The van der Waals surface area contributed by atoms with E-state index in [1.54, 1.807) is 0 Å². The highest BCUT2D eigenvalue weighted by atomic mass is 16.5. The van der Waals surface area contributed by atoms with Crippen LogP contribution in [0, 0.1) is 5.41 Å². The molecule has 114 valence electrons. The third-order valence-electron chi connectivity index (χ3n) is 5.48. The standard InChI is InChI=1S/C16H28N2O2/c1-16(7-3-2-4-8-16)15(19)17-13-11-20-12-14(13)18-9-5-6-10-18/h13-14H,2-12H2,1H3,(H,17,19)/t13-,14-/m0/s1. The van der Waals surface area contributed by atoms with Crippen molar-refractivity contribution >= 4 is 5.91 Å². The zero-order valence-corrected chi connectivity index (χ0v) is 12.7. The summed E-state index contributed by atoms with van der Waals surface area (Å²) in [5.74, 6) is 0.261. The fraction of sp³-hybridized carbons (Fsp3) is 0.938. The highest BCUT2D eigenvalue weighted by molar-refractivity contribution is 5.82. The molecule has 3 aliphatic rings. The molecule has 0 aromatic heterocycles. The number of likely N-dealkylation sites (tertiary alicyclic amines) is 1. The normalized spacial score (nSPS) is 34.2. The van der Waals surface area contributed by atoms with Gasteiger partial charge >= 0.3 is 0 Å². The lowest BCUT2D eigenvalue weighted by Crippen LogP contribution is -2.53. The van der Waals surface area contributed by atoms with Crippen molar-refractivity contribution in [3.63, 3.8) is 0 Å². The lowest BCUT2D eigenvalue weighted by atomic mass is 9.75. The maximum atomic E-state index is 12.7. The summed E-state index contributed by atoms with van der Waals surface area (Å²) in [5, 5.41) is 3.31. The minimum Gasteiger partial charge on any atom is -0.378 e. The number of nitrogens with one attached hydrogen (secondary N) is 1. The van der Waals surface area contributed by atoms with Crippen LogP contribution < -0.4 is 5.32 Å². The number of nitrogens with zero attached hydrogens (tertiary/aromatic N) is 1. The molecule has 2 atom stereocenters. The minimum absolute atomic E-state index is 0.142. The Hall–Kier alpha value is -0.610. The molecular formula is C16H28N2O2. The molecule has 3 rings (SSSR count). The first-order chi connectivity index (χ1) is 9.69. The quantitative estimate of drug-likeness (QED) is 0.859. The summed E-state index contributed by atoms with van der Waals surface area (Å²) in [6.45, 7) is 5.93. The van der Waals surface area contributed by atoms with Gasteiger partial charge in [-0.05, 0) is 38.8 Å². The van der Waals surface area contributed by atoms with E-state index in [0.29, 0.717) is 12.6 Å². The van der Waals surface area contributed by atoms with Crippen LogP contribution in [-0.4, -0.2) is 49.2 Å². The topological polar surface area (TPSA) is 41.6 Å². The van der Waals surface area contributed by atoms with Crippen molar-refractivity contribution in [2.75, 3.05) is 26.3 Å². The summed E-state index contributed by atoms with van der Waals surface area (Å²) in [4.78, 5) is 15.2. The average molecular weight is 280 g/mol. The van der Waals surface area contributed by atoms with E-state index in [1.807, 2.05) is 0 Å². The molecule has 2 aliphatic heterocycles. The van der Waals surface area contributed by atoms with E-state index in [1.165, 1.54) is 32.1 Å². The first-order valence-corrected chi connectivity index (χ1v) is 8.32. The van der Waals surface area contributed by atoms with Crippen LogP contribution in [0.15, 0.2) is 0 Å². The van der Waals surface area contributed by atoms with Crippen molar-refractivity contribution in [1.82, 2.24) is 10.2 Å². The van der Waals surface area contributed by atoms with Crippen LogP contribution >= 0.6 is 0 Å². The first-order valence-electron chi connectivity index (χ1n) is 8.32. The Balaban J connectivity index is 1.59. The Bertz CT molecular complexity index is 346. The molecule has 20 heavy (non-hydrogen) atoms. The lowest BCUT2D eigenvalue weighted by molar-refractivity contribution is -0.133. The Morgan fingerprint density at radius 3 is 2.50 bits per heavy atom. The summed E-state index contributed by atoms with van der Waals surface area (Å²) >= 11 is 0. The Labute approximate surface area is 122 Å². The van der Waals surface area contributed by atoms with E-state index < -0.39 is 0 Å². The van der Waals surface area contributed by atoms with Gasteiger partial charge in [-0.3, -0.25) is 9.69 Å². The van der Waals surface area contributed by atoms with Gasteiger partial charge in [0.1, 0.15) is 0 Å². The lowest BCUT2D eigenvalue weighted by Gasteiger charge is -2.35. The Kier molecular flexibility index (Phi) is 4.32. The molecule has 2 saturated heterocycles. The van der Waals surface area contributed by atoms with Crippen molar-refractivity contribution in [3.05, 3.63) is 0 Å². The second-order valence-electron chi connectivity index (χ2n) is 7.05.